The van der Waals surface area contributed by atoms with Crippen molar-refractivity contribution in [2.75, 3.05) is 27.4 Å². The Labute approximate surface area is 409 Å². The van der Waals surface area contributed by atoms with E-state index in [4.69, 9.17) is 37.9 Å². The third kappa shape index (κ3) is 8.25. The largest absolute Gasteiger partial charge is 0.469 e. The highest BCUT2D eigenvalue weighted by Gasteiger charge is 2.70. The first-order valence-corrected chi connectivity index (χ1v) is 25.2. The van der Waals surface area contributed by atoms with Crippen molar-refractivity contribution in [2.45, 2.75) is 211 Å². The van der Waals surface area contributed by atoms with Gasteiger partial charge in [-0.15, -0.1) is 0 Å². The molecule has 0 aromatic heterocycles. The van der Waals surface area contributed by atoms with E-state index in [2.05, 4.69) is 33.8 Å². The molecule has 3 saturated heterocycles. The minimum absolute atomic E-state index is 0.0240. The third-order valence-electron chi connectivity index (χ3n) is 20.2. The molecule has 3 aliphatic heterocycles. The average molecular weight is 1000 g/mol. The Morgan fingerprint density at radius 1 is 0.657 bits per heavy atom. The van der Waals surface area contributed by atoms with Crippen LogP contribution in [0.25, 0.3) is 0 Å². The van der Waals surface area contributed by atoms with Crippen LogP contribution in [0.15, 0.2) is 11.6 Å². The summed E-state index contributed by atoms with van der Waals surface area (Å²) in [7, 11) is 2.48. The molecule has 0 aromatic carbocycles. The molecule has 4 saturated carbocycles. The van der Waals surface area contributed by atoms with E-state index >= 15 is 0 Å². The summed E-state index contributed by atoms with van der Waals surface area (Å²) in [6.45, 7) is 13.4. The summed E-state index contributed by atoms with van der Waals surface area (Å²) < 4.78 is 46.9. The summed E-state index contributed by atoms with van der Waals surface area (Å²) in [5, 5.41) is 111. The number of rotatable bonds is 10. The second kappa shape index (κ2) is 19.3. The molecule has 0 radical (unpaired) electrons. The number of esters is 2. The van der Waals surface area contributed by atoms with Crippen LogP contribution in [0.3, 0.4) is 0 Å². The van der Waals surface area contributed by atoms with Gasteiger partial charge in [0.15, 0.2) is 25.0 Å². The van der Waals surface area contributed by atoms with E-state index in [1.54, 1.807) is 0 Å². The van der Waals surface area contributed by atoms with Crippen molar-refractivity contribution >= 4 is 11.9 Å². The van der Waals surface area contributed by atoms with Crippen molar-refractivity contribution in [3.8, 4) is 0 Å². The SMILES string of the molecule is COC(=O)C1OC(OC2CCC3(C)C(CCC4(C)C3CC=C3C5CC(C)(C(=O)OC)CC(O)C5(C)CCC34C)C2(C)CO)C(OC2OC(CO)C(O)C(O)C2OC2OC(C)C(O)C(O)C2O)C(O)C1O. The van der Waals surface area contributed by atoms with Gasteiger partial charge >= 0.3 is 11.9 Å². The maximum atomic E-state index is 13.2. The predicted octanol–water partition coefficient (Wildman–Crippen LogP) is -0.0539. The Kier molecular flexibility index (Phi) is 15.0. The number of hydrogen-bond acceptors (Lipinski definition) is 20. The van der Waals surface area contributed by atoms with Gasteiger partial charge in [0.05, 0.1) is 51.2 Å². The molecule has 8 rings (SSSR count). The van der Waals surface area contributed by atoms with Crippen molar-refractivity contribution in [3.05, 3.63) is 11.6 Å². The first-order chi connectivity index (χ1) is 32.7. The van der Waals surface area contributed by atoms with Gasteiger partial charge in [0.1, 0.15) is 61.0 Å². The standard InChI is InChI=1S/C50H80O20/c1-22-30(54)32(56)36(60)41(65-22)69-38-33(57)31(55)25(20-51)66-42(38)70-39-35(59)34(58)37(40(61)63-8)68-43(39)67-29-13-14-47(4)26(48(29,5)21-52)12-15-50(7)27(47)11-10-23-24-18-45(2,44(62)64-9)19-28(53)46(24,3)16-17-49(23,50)6/h10,22,24-39,41-43,51-60H,11-21H2,1-9H3. The Balaban J connectivity index is 1.09. The van der Waals surface area contributed by atoms with Crippen molar-refractivity contribution in [3.63, 3.8) is 0 Å². The lowest BCUT2D eigenvalue weighted by atomic mass is 9.33. The molecule has 20 heteroatoms. The number of hydrogen-bond donors (Lipinski definition) is 10. The normalized spacial score (nSPS) is 54.6. The van der Waals surface area contributed by atoms with Crippen LogP contribution in [0, 0.1) is 50.2 Å². The van der Waals surface area contributed by atoms with Crippen molar-refractivity contribution in [1.29, 1.82) is 0 Å². The van der Waals surface area contributed by atoms with Crippen LogP contribution in [0.1, 0.15) is 106 Å². The minimum Gasteiger partial charge on any atom is -0.469 e. The zero-order valence-electron chi connectivity index (χ0n) is 42.0. The molecule has 0 amide bonds. The molecule has 26 unspecified atom stereocenters. The van der Waals surface area contributed by atoms with Crippen LogP contribution >= 0.6 is 0 Å². The lowest BCUT2D eigenvalue weighted by Crippen LogP contribution is -2.68. The Bertz CT molecular complexity index is 1960. The molecule has 0 spiro atoms. The van der Waals surface area contributed by atoms with E-state index in [-0.39, 0.29) is 46.6 Å². The smallest absolute Gasteiger partial charge is 0.337 e. The fourth-order valence-corrected chi connectivity index (χ4v) is 15.4. The van der Waals surface area contributed by atoms with Crippen molar-refractivity contribution in [2.24, 2.45) is 50.2 Å². The molecule has 0 aromatic rings. The molecule has 70 heavy (non-hydrogen) atoms. The molecule has 3 heterocycles. The number of aliphatic hydroxyl groups excluding tert-OH is 10. The second-order valence-corrected chi connectivity index (χ2v) is 23.7. The maximum absolute atomic E-state index is 13.2. The molecule has 400 valence electrons. The Morgan fingerprint density at radius 3 is 1.93 bits per heavy atom. The van der Waals surface area contributed by atoms with Crippen molar-refractivity contribution < 1.29 is 98.5 Å². The van der Waals surface area contributed by atoms with E-state index in [0.717, 1.165) is 32.8 Å². The summed E-state index contributed by atoms with van der Waals surface area (Å²) in [5.41, 5.74) is -1.66. The number of ether oxygens (including phenoxy) is 8. The number of allylic oxidation sites excluding steroid dienone is 2. The van der Waals surface area contributed by atoms with Crippen LogP contribution < -0.4 is 0 Å². The van der Waals surface area contributed by atoms with Gasteiger partial charge in [0.25, 0.3) is 0 Å². The van der Waals surface area contributed by atoms with Gasteiger partial charge < -0.3 is 89.0 Å². The molecule has 0 bridgehead atoms. The number of aliphatic hydroxyl groups is 10. The fourth-order valence-electron chi connectivity index (χ4n) is 15.4. The van der Waals surface area contributed by atoms with E-state index in [0.29, 0.717) is 32.1 Å². The first kappa shape index (κ1) is 54.3. The Morgan fingerprint density at radius 2 is 1.30 bits per heavy atom. The van der Waals surface area contributed by atoms with Crippen LogP contribution in [0.4, 0.5) is 0 Å². The second-order valence-electron chi connectivity index (χ2n) is 23.7. The highest BCUT2D eigenvalue weighted by molar-refractivity contribution is 5.77. The monoisotopic (exact) mass is 1000 g/mol. The summed E-state index contributed by atoms with van der Waals surface area (Å²) in [4.78, 5) is 26.3. The van der Waals surface area contributed by atoms with Crippen LogP contribution in [0.5, 0.6) is 0 Å². The maximum Gasteiger partial charge on any atom is 0.337 e. The van der Waals surface area contributed by atoms with Gasteiger partial charge in [-0.3, -0.25) is 4.79 Å². The molecule has 7 fully saturated rings. The quantitative estimate of drug-likeness (QED) is 0.0779. The van der Waals surface area contributed by atoms with Gasteiger partial charge in [-0.25, -0.2) is 4.79 Å². The van der Waals surface area contributed by atoms with Gasteiger partial charge in [-0.05, 0) is 106 Å². The van der Waals surface area contributed by atoms with E-state index in [1.165, 1.54) is 19.6 Å². The lowest BCUT2D eigenvalue weighted by molar-refractivity contribution is -0.396. The predicted molar refractivity (Wildman–Crippen MR) is 241 cm³/mol. The lowest BCUT2D eigenvalue weighted by Gasteiger charge is -2.71. The van der Waals surface area contributed by atoms with E-state index in [1.807, 2.05) is 13.8 Å². The summed E-state index contributed by atoms with van der Waals surface area (Å²) in [5.74, 6) is -1.32. The molecular formula is C50H80O20. The highest BCUT2D eigenvalue weighted by atomic mass is 16.8. The molecule has 26 atom stereocenters. The van der Waals surface area contributed by atoms with Gasteiger partial charge in [0.2, 0.25) is 0 Å². The molecule has 8 aliphatic rings. The first-order valence-electron chi connectivity index (χ1n) is 25.2. The highest BCUT2D eigenvalue weighted by Crippen LogP contribution is 2.76. The average Bonchev–Trinajstić information content (AvgIpc) is 3.32. The zero-order valence-corrected chi connectivity index (χ0v) is 42.0. The van der Waals surface area contributed by atoms with E-state index < -0.39 is 133 Å². The van der Waals surface area contributed by atoms with Crippen molar-refractivity contribution in [1.82, 2.24) is 0 Å². The fraction of sp³-hybridized carbons (Fsp3) is 0.920. The third-order valence-corrected chi connectivity index (χ3v) is 20.2. The zero-order chi connectivity index (χ0) is 51.4. The van der Waals surface area contributed by atoms with Gasteiger partial charge in [0, 0.05) is 10.8 Å². The molecular weight excluding hydrogens is 921 g/mol. The van der Waals surface area contributed by atoms with E-state index in [9.17, 15) is 60.7 Å². The Hall–Kier alpha value is -1.96. The number of fused-ring (bicyclic) bond motifs is 7. The van der Waals surface area contributed by atoms with Crippen LogP contribution in [-0.4, -0.2) is 195 Å². The summed E-state index contributed by atoms with van der Waals surface area (Å²) in [6, 6.07) is 0. The summed E-state index contributed by atoms with van der Waals surface area (Å²) >= 11 is 0. The molecule has 20 nitrogen and oxygen atoms in total. The summed E-state index contributed by atoms with van der Waals surface area (Å²) in [6.07, 6.45) is -19.0. The van der Waals surface area contributed by atoms with Gasteiger partial charge in [-0.2, -0.15) is 0 Å². The topological polar surface area (TPSA) is 310 Å². The number of carbonyl (C=O) groups is 2. The number of methoxy groups -OCH3 is 2. The van der Waals surface area contributed by atoms with Gasteiger partial charge in [-0.1, -0.05) is 46.3 Å². The molecule has 5 aliphatic carbocycles. The van der Waals surface area contributed by atoms with Crippen LogP contribution in [0.2, 0.25) is 0 Å². The van der Waals surface area contributed by atoms with Crippen LogP contribution in [-0.2, 0) is 47.5 Å². The number of carbonyl (C=O) groups excluding carboxylic acids is 2. The molecule has 10 N–H and O–H groups in total. The minimum atomic E-state index is -1.97.